The number of rotatable bonds is 5. The third kappa shape index (κ3) is 6.32. The summed E-state index contributed by atoms with van der Waals surface area (Å²) in [4.78, 5) is 13.2. The van der Waals surface area contributed by atoms with Crippen molar-refractivity contribution in [2.75, 3.05) is 7.11 Å². The molecule has 2 aromatic carbocycles. The molecule has 0 amide bonds. The fourth-order valence-corrected chi connectivity index (χ4v) is 4.54. The van der Waals surface area contributed by atoms with Gasteiger partial charge in [0.05, 0.1) is 19.3 Å². The van der Waals surface area contributed by atoms with E-state index in [1.54, 1.807) is 13.2 Å². The summed E-state index contributed by atoms with van der Waals surface area (Å²) in [7, 11) is 1.58. The van der Waals surface area contributed by atoms with Crippen LogP contribution >= 0.6 is 15.9 Å². The summed E-state index contributed by atoms with van der Waals surface area (Å²) >= 11 is 3.50. The van der Waals surface area contributed by atoms with Gasteiger partial charge < -0.3 is 9.47 Å². The first-order valence-corrected chi connectivity index (χ1v) is 12.1. The van der Waals surface area contributed by atoms with Gasteiger partial charge in [0.15, 0.2) is 0 Å². The molecule has 2 heterocycles. The number of cyclic esters (lactones) is 1. The first-order chi connectivity index (χ1) is 16.1. The average molecular weight is 510 g/mol. The van der Waals surface area contributed by atoms with Gasteiger partial charge in [-0.2, -0.15) is 0 Å². The molecule has 0 bridgehead atoms. The van der Waals surface area contributed by atoms with E-state index in [9.17, 15) is 4.79 Å². The van der Waals surface area contributed by atoms with Crippen LogP contribution in [0.15, 0.2) is 65.3 Å². The number of esters is 1. The maximum Gasteiger partial charge on any atom is 0.342 e. The Morgan fingerprint density at radius 3 is 2.91 bits per heavy atom. The largest absolute Gasteiger partial charge is 0.496 e. The highest BCUT2D eigenvalue weighted by Gasteiger charge is 2.23. The van der Waals surface area contributed by atoms with Crippen molar-refractivity contribution in [2.45, 2.75) is 51.2 Å². The van der Waals surface area contributed by atoms with Crippen molar-refractivity contribution in [3.63, 3.8) is 0 Å². The Kier molecular flexibility index (Phi) is 7.94. The van der Waals surface area contributed by atoms with Crippen LogP contribution in [0.2, 0.25) is 0 Å². The minimum Gasteiger partial charge on any atom is -0.496 e. The van der Waals surface area contributed by atoms with Crippen molar-refractivity contribution in [1.29, 1.82) is 0 Å². The molecule has 0 fully saturated rings. The molecule has 0 radical (unpaired) electrons. The summed E-state index contributed by atoms with van der Waals surface area (Å²) in [6.45, 7) is 0.633. The van der Waals surface area contributed by atoms with Gasteiger partial charge in [0.1, 0.15) is 17.4 Å². The van der Waals surface area contributed by atoms with Gasteiger partial charge in [0.25, 0.3) is 0 Å². The number of carbonyl (C=O) groups is 1. The number of nitrogens with zero attached hydrogens (tertiary/aromatic N) is 3. The zero-order valence-corrected chi connectivity index (χ0v) is 20.3. The van der Waals surface area contributed by atoms with E-state index in [1.165, 1.54) is 0 Å². The van der Waals surface area contributed by atoms with Gasteiger partial charge in [-0.1, -0.05) is 57.6 Å². The highest BCUT2D eigenvalue weighted by atomic mass is 79.9. The second-order valence-corrected chi connectivity index (χ2v) is 9.14. The Labute approximate surface area is 202 Å². The molecular formula is C26H28BrN3O3. The molecule has 0 saturated carbocycles. The third-order valence-corrected chi connectivity index (χ3v) is 6.21. The molecule has 172 valence electrons. The number of fused-ring (bicyclic) bond motifs is 1. The van der Waals surface area contributed by atoms with Crippen molar-refractivity contribution in [1.82, 2.24) is 15.0 Å². The molecule has 0 N–H and O–H groups in total. The summed E-state index contributed by atoms with van der Waals surface area (Å²) < 4.78 is 14.3. The maximum atomic E-state index is 13.2. The van der Waals surface area contributed by atoms with Gasteiger partial charge in [0.2, 0.25) is 0 Å². The van der Waals surface area contributed by atoms with Crippen molar-refractivity contribution >= 4 is 21.9 Å². The van der Waals surface area contributed by atoms with Gasteiger partial charge >= 0.3 is 5.97 Å². The molecule has 6 nitrogen and oxygen atoms in total. The number of aromatic nitrogens is 3. The van der Waals surface area contributed by atoms with Crippen molar-refractivity contribution in [3.05, 3.63) is 87.7 Å². The molecule has 1 aliphatic rings. The Morgan fingerprint density at radius 1 is 1.18 bits per heavy atom. The van der Waals surface area contributed by atoms with E-state index in [0.717, 1.165) is 47.0 Å². The van der Waals surface area contributed by atoms with E-state index in [0.29, 0.717) is 30.7 Å². The number of benzene rings is 2. The van der Waals surface area contributed by atoms with Crippen LogP contribution in [0.3, 0.4) is 0 Å². The highest BCUT2D eigenvalue weighted by molar-refractivity contribution is 9.10. The first-order valence-electron chi connectivity index (χ1n) is 11.3. The van der Waals surface area contributed by atoms with Crippen LogP contribution in [0.25, 0.3) is 0 Å². The lowest BCUT2D eigenvalue weighted by Gasteiger charge is -2.19. The number of halogens is 1. The molecule has 1 atom stereocenters. The van der Waals surface area contributed by atoms with E-state index < -0.39 is 0 Å². The van der Waals surface area contributed by atoms with Crippen LogP contribution in [0.1, 0.15) is 52.9 Å². The zero-order chi connectivity index (χ0) is 23.0. The number of carbonyl (C=O) groups excluding carboxylic acids is 1. The van der Waals surface area contributed by atoms with Crippen LogP contribution in [0.5, 0.6) is 5.75 Å². The molecule has 7 heteroatoms. The predicted octanol–water partition coefficient (Wildman–Crippen LogP) is 5.54. The summed E-state index contributed by atoms with van der Waals surface area (Å²) in [6, 6.07) is 13.8. The van der Waals surface area contributed by atoms with Crippen molar-refractivity contribution < 1.29 is 14.3 Å². The van der Waals surface area contributed by atoms with E-state index in [4.69, 9.17) is 9.47 Å². The topological polar surface area (TPSA) is 66.2 Å². The maximum absolute atomic E-state index is 13.2. The fraction of sp³-hybridized carbons (Fsp3) is 0.346. The lowest BCUT2D eigenvalue weighted by Crippen LogP contribution is -2.22. The average Bonchev–Trinajstić information content (AvgIpc) is 3.23. The number of hydrogen-bond acceptors (Lipinski definition) is 5. The highest BCUT2D eigenvalue weighted by Crippen LogP contribution is 2.26. The van der Waals surface area contributed by atoms with Crippen LogP contribution in [0.4, 0.5) is 0 Å². The van der Waals surface area contributed by atoms with E-state index in [2.05, 4.69) is 50.5 Å². The Morgan fingerprint density at radius 2 is 2.06 bits per heavy atom. The number of ether oxygens (including phenoxy) is 2. The number of hydrogen-bond donors (Lipinski definition) is 0. The monoisotopic (exact) mass is 509 g/mol. The second-order valence-electron chi connectivity index (χ2n) is 8.22. The van der Waals surface area contributed by atoms with Gasteiger partial charge in [-0.3, -0.25) is 0 Å². The van der Waals surface area contributed by atoms with Crippen LogP contribution in [-0.4, -0.2) is 34.2 Å². The lowest BCUT2D eigenvalue weighted by molar-refractivity contribution is 0.0271. The van der Waals surface area contributed by atoms with Gasteiger partial charge in [-0.15, -0.1) is 5.10 Å². The van der Waals surface area contributed by atoms with Crippen LogP contribution < -0.4 is 4.74 Å². The van der Waals surface area contributed by atoms with Crippen molar-refractivity contribution in [2.24, 2.45) is 0 Å². The molecular weight excluding hydrogens is 482 g/mol. The lowest BCUT2D eigenvalue weighted by atomic mass is 10.0. The molecule has 0 spiro atoms. The van der Waals surface area contributed by atoms with Crippen LogP contribution in [-0.2, 0) is 24.1 Å². The Hall–Kier alpha value is -2.93. The van der Waals surface area contributed by atoms with Gasteiger partial charge in [-0.25, -0.2) is 9.48 Å². The Bertz CT molecular complexity index is 1130. The third-order valence-electron chi connectivity index (χ3n) is 5.72. The molecule has 3 aromatic rings. The summed E-state index contributed by atoms with van der Waals surface area (Å²) in [6.07, 6.45) is 11.0. The van der Waals surface area contributed by atoms with E-state index in [1.807, 2.05) is 35.1 Å². The number of allylic oxidation sites excluding steroid dienone is 2. The van der Waals surface area contributed by atoms with Gasteiger partial charge in [-0.05, 0) is 61.4 Å². The number of methoxy groups -OCH3 is 1. The molecule has 1 aromatic heterocycles. The minimum atomic E-state index is -0.344. The zero-order valence-electron chi connectivity index (χ0n) is 18.7. The summed E-state index contributed by atoms with van der Waals surface area (Å²) in [5.74, 6) is 0.199. The summed E-state index contributed by atoms with van der Waals surface area (Å²) in [5.41, 5.74) is 3.37. The Balaban J connectivity index is 1.51. The molecule has 1 aliphatic heterocycles. The molecule has 0 aliphatic carbocycles. The smallest absolute Gasteiger partial charge is 0.342 e. The molecule has 0 unspecified atom stereocenters. The molecule has 0 saturated heterocycles. The predicted molar refractivity (Wildman–Crippen MR) is 130 cm³/mol. The minimum absolute atomic E-state index is 0.269. The normalized spacial score (nSPS) is 17.9. The standard InChI is InChI=1S/C26H28BrN3O3/c1-32-24-14-8-11-20-10-5-3-2-4-6-13-23(33-26(31)25(20)24)16-22-18-30(29-28-22)17-19-9-7-12-21(27)15-19/h3,5,7-9,11-12,14-15,18,23H,2,4,6,10,13,16-17H2,1H3/b5-3-/t23-/m1/s1. The van der Waals surface area contributed by atoms with Crippen molar-refractivity contribution in [3.8, 4) is 5.75 Å². The first kappa shape index (κ1) is 23.2. The van der Waals surface area contributed by atoms with E-state index in [-0.39, 0.29) is 12.1 Å². The van der Waals surface area contributed by atoms with E-state index >= 15 is 0 Å². The van der Waals surface area contributed by atoms with Gasteiger partial charge in [0, 0.05) is 17.1 Å². The summed E-state index contributed by atoms with van der Waals surface area (Å²) in [5, 5.41) is 8.61. The fourth-order valence-electron chi connectivity index (χ4n) is 4.09. The van der Waals surface area contributed by atoms with Crippen LogP contribution in [0, 0.1) is 0 Å². The SMILES string of the molecule is COc1cccc2c1C(=O)O[C@@H](Cc1cn(Cc3cccc(Br)c3)nn1)CCCC/C=C\C2. The quantitative estimate of drug-likeness (QED) is 0.333. The second kappa shape index (κ2) is 11.3. The molecule has 33 heavy (non-hydrogen) atoms. The molecule has 4 rings (SSSR count).